The van der Waals surface area contributed by atoms with Crippen LogP contribution in [-0.4, -0.2) is 44.7 Å². The van der Waals surface area contributed by atoms with Gasteiger partial charge in [0.15, 0.2) is 9.84 Å². The van der Waals surface area contributed by atoms with Crippen molar-refractivity contribution in [2.45, 2.75) is 22.6 Å². The van der Waals surface area contributed by atoms with Crippen LogP contribution in [0.1, 0.15) is 6.42 Å². The number of hydrogen-bond acceptors (Lipinski definition) is 4. The fraction of sp³-hybridized carbons (Fsp3) is 0.455. The van der Waals surface area contributed by atoms with Crippen molar-refractivity contribution in [1.82, 2.24) is 4.31 Å². The fourth-order valence-electron chi connectivity index (χ4n) is 2.74. The first-order valence-electron chi connectivity index (χ1n) is 5.80. The molecule has 0 aliphatic carbocycles. The average molecular weight is 366 g/mol. The summed E-state index contributed by atoms with van der Waals surface area (Å²) in [7, 11) is -6.72. The van der Waals surface area contributed by atoms with E-state index in [1.165, 1.54) is 10.4 Å². The number of benzene rings is 1. The molecule has 0 radical (unpaired) electrons. The van der Waals surface area contributed by atoms with Crippen LogP contribution in [0.25, 0.3) is 0 Å². The molecule has 104 valence electrons. The maximum absolute atomic E-state index is 12.6. The minimum Gasteiger partial charge on any atom is -0.228 e. The van der Waals surface area contributed by atoms with E-state index in [0.29, 0.717) is 10.9 Å². The first-order chi connectivity index (χ1) is 8.82. The van der Waals surface area contributed by atoms with Crippen molar-refractivity contribution >= 4 is 35.8 Å². The Morgan fingerprint density at radius 2 is 1.95 bits per heavy atom. The highest BCUT2D eigenvalue weighted by Crippen LogP contribution is 2.37. The van der Waals surface area contributed by atoms with Gasteiger partial charge in [0.05, 0.1) is 15.9 Å². The first-order valence-corrected chi connectivity index (χ1v) is 9.75. The number of rotatable bonds is 2. The van der Waals surface area contributed by atoms with Gasteiger partial charge in [-0.2, -0.15) is 4.31 Å². The summed E-state index contributed by atoms with van der Waals surface area (Å²) < 4.78 is 50.3. The first kappa shape index (κ1) is 13.5. The summed E-state index contributed by atoms with van der Waals surface area (Å²) >= 11 is 3.23. The lowest BCUT2D eigenvalue weighted by atomic mass is 10.3. The summed E-state index contributed by atoms with van der Waals surface area (Å²) in [5, 5.41) is -0.533. The van der Waals surface area contributed by atoms with Crippen molar-refractivity contribution in [3.05, 3.63) is 28.7 Å². The summed E-state index contributed by atoms with van der Waals surface area (Å²) in [6.45, 7) is 0.0800. The molecule has 2 saturated heterocycles. The second kappa shape index (κ2) is 4.28. The Kier molecular flexibility index (Phi) is 3.05. The minimum atomic E-state index is -3.63. The quantitative estimate of drug-likeness (QED) is 0.783. The van der Waals surface area contributed by atoms with Crippen molar-refractivity contribution < 1.29 is 16.8 Å². The van der Waals surface area contributed by atoms with Gasteiger partial charge in [0.25, 0.3) is 0 Å². The van der Waals surface area contributed by atoms with Crippen molar-refractivity contribution in [1.29, 1.82) is 0 Å². The summed E-state index contributed by atoms with van der Waals surface area (Å²) in [4.78, 5) is 0.194. The Bertz CT molecular complexity index is 729. The smallest absolute Gasteiger partial charge is 0.228 e. The van der Waals surface area contributed by atoms with E-state index in [1.807, 2.05) is 0 Å². The molecule has 0 saturated carbocycles. The van der Waals surface area contributed by atoms with Crippen molar-refractivity contribution in [3.63, 3.8) is 0 Å². The minimum absolute atomic E-state index is 0.0542. The lowest BCUT2D eigenvalue weighted by Gasteiger charge is -2.26. The molecule has 0 N–H and O–H groups in total. The highest BCUT2D eigenvalue weighted by atomic mass is 79.9. The molecule has 0 aromatic heterocycles. The van der Waals surface area contributed by atoms with Crippen LogP contribution in [0.15, 0.2) is 33.6 Å². The molecule has 2 fully saturated rings. The molecule has 0 spiro atoms. The summed E-state index contributed by atoms with van der Waals surface area (Å²) in [5.41, 5.74) is 0. The second-order valence-corrected chi connectivity index (χ2v) is 9.89. The summed E-state index contributed by atoms with van der Waals surface area (Å²) in [6.07, 6.45) is 0.423. The maximum Gasteiger partial charge on any atom is 0.244 e. The molecule has 8 heteroatoms. The van der Waals surface area contributed by atoms with E-state index in [2.05, 4.69) is 15.9 Å². The lowest BCUT2D eigenvalue weighted by molar-refractivity contribution is 0.402. The molecule has 2 bridgehead atoms. The van der Waals surface area contributed by atoms with Crippen LogP contribution < -0.4 is 0 Å². The van der Waals surface area contributed by atoms with Gasteiger partial charge < -0.3 is 0 Å². The Morgan fingerprint density at radius 3 is 2.47 bits per heavy atom. The monoisotopic (exact) mass is 365 g/mol. The normalized spacial score (nSPS) is 29.7. The number of nitrogens with zero attached hydrogens (tertiary/aromatic N) is 1. The van der Waals surface area contributed by atoms with Crippen molar-refractivity contribution in [3.8, 4) is 0 Å². The van der Waals surface area contributed by atoms with Crippen molar-refractivity contribution in [2.75, 3.05) is 12.3 Å². The molecular formula is C11H12BrNO4S2. The van der Waals surface area contributed by atoms with Gasteiger partial charge in [0.1, 0.15) is 0 Å². The topological polar surface area (TPSA) is 71.5 Å². The van der Waals surface area contributed by atoms with Gasteiger partial charge in [-0.05, 0) is 34.5 Å². The third-order valence-electron chi connectivity index (χ3n) is 3.68. The third kappa shape index (κ3) is 2.05. The van der Waals surface area contributed by atoms with Crippen molar-refractivity contribution in [2.24, 2.45) is 0 Å². The van der Waals surface area contributed by atoms with E-state index in [4.69, 9.17) is 0 Å². The van der Waals surface area contributed by atoms with Gasteiger partial charge in [0.2, 0.25) is 10.0 Å². The Hall–Kier alpha value is -0.440. The second-order valence-electron chi connectivity index (χ2n) is 4.85. The number of halogens is 1. The molecule has 19 heavy (non-hydrogen) atoms. The summed E-state index contributed by atoms with van der Waals surface area (Å²) in [6, 6.07) is 6.18. The van der Waals surface area contributed by atoms with Crippen LogP contribution in [0.4, 0.5) is 0 Å². The third-order valence-corrected chi connectivity index (χ3v) is 8.82. The predicted octanol–water partition coefficient (Wildman–Crippen LogP) is 1.01. The van der Waals surface area contributed by atoms with Crippen LogP contribution in [-0.2, 0) is 19.9 Å². The van der Waals surface area contributed by atoms with E-state index < -0.39 is 31.2 Å². The zero-order valence-electron chi connectivity index (χ0n) is 9.86. The highest BCUT2D eigenvalue weighted by molar-refractivity contribution is 9.10. The van der Waals surface area contributed by atoms with Gasteiger partial charge in [-0.3, -0.25) is 0 Å². The Balaban J connectivity index is 1.99. The molecular weight excluding hydrogens is 354 g/mol. The zero-order chi connectivity index (χ0) is 13.8. The lowest BCUT2D eigenvalue weighted by Crippen LogP contribution is -2.44. The maximum atomic E-state index is 12.6. The van der Waals surface area contributed by atoms with Gasteiger partial charge in [0, 0.05) is 17.1 Å². The predicted molar refractivity (Wildman–Crippen MR) is 74.0 cm³/mol. The molecule has 2 aliphatic heterocycles. The van der Waals surface area contributed by atoms with E-state index in [0.717, 1.165) is 0 Å². The van der Waals surface area contributed by atoms with Gasteiger partial charge in [-0.25, -0.2) is 16.8 Å². The number of sulfonamides is 1. The fourth-order valence-corrected chi connectivity index (χ4v) is 7.60. The Morgan fingerprint density at radius 1 is 1.26 bits per heavy atom. The van der Waals surface area contributed by atoms with E-state index in [9.17, 15) is 16.8 Å². The molecule has 2 aliphatic rings. The molecule has 2 atom stereocenters. The van der Waals surface area contributed by atoms with Crippen LogP contribution >= 0.6 is 15.9 Å². The Labute approximate surface area is 120 Å². The zero-order valence-corrected chi connectivity index (χ0v) is 13.1. The number of fused-ring (bicyclic) bond motifs is 2. The molecule has 1 aromatic rings. The standard InChI is InChI=1S/C11H12BrNO4S2/c12-10-3-1-2-4-11(10)19(16,17)13-6-9-5-8(13)7-18(9,14)15/h1-4,8-9H,5-7H2. The molecule has 3 rings (SSSR count). The summed E-state index contributed by atoms with van der Waals surface area (Å²) in [5.74, 6) is -0.0542. The molecule has 5 nitrogen and oxygen atoms in total. The molecule has 2 unspecified atom stereocenters. The van der Waals surface area contributed by atoms with Crippen LogP contribution in [0.3, 0.4) is 0 Å². The van der Waals surface area contributed by atoms with Gasteiger partial charge in [-0.1, -0.05) is 12.1 Å². The molecule has 0 amide bonds. The number of sulfone groups is 1. The average Bonchev–Trinajstić information content (AvgIpc) is 2.85. The largest absolute Gasteiger partial charge is 0.244 e. The van der Waals surface area contributed by atoms with E-state index in [-0.39, 0.29) is 17.2 Å². The van der Waals surface area contributed by atoms with Gasteiger partial charge in [-0.15, -0.1) is 0 Å². The SMILES string of the molecule is O=S1(=O)CC2CC1CN2S(=O)(=O)c1ccccc1Br. The molecule has 1 aromatic carbocycles. The number of hydrogen-bond donors (Lipinski definition) is 0. The van der Waals surface area contributed by atoms with E-state index in [1.54, 1.807) is 18.2 Å². The van der Waals surface area contributed by atoms with Crippen LogP contribution in [0.5, 0.6) is 0 Å². The van der Waals surface area contributed by atoms with E-state index >= 15 is 0 Å². The molecule has 2 heterocycles. The highest BCUT2D eigenvalue weighted by Gasteiger charge is 2.52. The van der Waals surface area contributed by atoms with Crippen LogP contribution in [0, 0.1) is 0 Å². The van der Waals surface area contributed by atoms with Crippen LogP contribution in [0.2, 0.25) is 0 Å². The van der Waals surface area contributed by atoms with Gasteiger partial charge >= 0.3 is 0 Å².